The lowest BCUT2D eigenvalue weighted by molar-refractivity contribution is -0.137. The molecule has 1 atom stereocenters. The number of carboxylic acids is 1. The first kappa shape index (κ1) is 12.1. The van der Waals surface area contributed by atoms with E-state index < -0.39 is 23.6 Å². The van der Waals surface area contributed by atoms with Crippen LogP contribution in [0.25, 0.3) is 0 Å². The summed E-state index contributed by atoms with van der Waals surface area (Å²) in [6.45, 7) is 0. The summed E-state index contributed by atoms with van der Waals surface area (Å²) in [6.07, 6.45) is -0.344. The van der Waals surface area contributed by atoms with Crippen molar-refractivity contribution >= 4 is 21.9 Å². The van der Waals surface area contributed by atoms with Crippen LogP contribution in [0.5, 0.6) is 0 Å². The van der Waals surface area contributed by atoms with Gasteiger partial charge in [0.2, 0.25) is 0 Å². The lowest BCUT2D eigenvalue weighted by Gasteiger charge is -2.12. The van der Waals surface area contributed by atoms with E-state index in [1.54, 1.807) is 0 Å². The first-order valence-corrected chi connectivity index (χ1v) is 4.83. The molecule has 0 bridgehead atoms. The predicted octanol–water partition coefficient (Wildman–Crippen LogP) is 2.20. The second-order valence-corrected chi connectivity index (χ2v) is 3.76. The molecule has 0 aliphatic heterocycles. The Morgan fingerprint density at radius 2 is 2.13 bits per heavy atom. The van der Waals surface area contributed by atoms with Crippen LogP contribution in [0.3, 0.4) is 0 Å². The number of rotatable bonds is 3. The van der Waals surface area contributed by atoms with Crippen molar-refractivity contribution in [2.75, 3.05) is 0 Å². The van der Waals surface area contributed by atoms with Gasteiger partial charge in [0.1, 0.15) is 0 Å². The van der Waals surface area contributed by atoms with Gasteiger partial charge in [-0.2, -0.15) is 0 Å². The molecule has 0 aliphatic rings. The summed E-state index contributed by atoms with van der Waals surface area (Å²) in [5.41, 5.74) is 5.75. The van der Waals surface area contributed by atoms with Crippen molar-refractivity contribution in [2.24, 2.45) is 5.73 Å². The molecule has 82 valence electrons. The van der Waals surface area contributed by atoms with E-state index in [2.05, 4.69) is 15.9 Å². The summed E-state index contributed by atoms with van der Waals surface area (Å²) in [7, 11) is 0. The minimum absolute atomic E-state index is 0.128. The van der Waals surface area contributed by atoms with Crippen LogP contribution in [0, 0.1) is 11.6 Å². The molecule has 3 N–H and O–H groups in total. The first-order chi connectivity index (χ1) is 6.93. The normalized spacial score (nSPS) is 12.5. The van der Waals surface area contributed by atoms with Crippen molar-refractivity contribution in [1.82, 2.24) is 0 Å². The Morgan fingerprint density at radius 1 is 1.53 bits per heavy atom. The molecule has 1 aromatic carbocycles. The third-order valence-electron chi connectivity index (χ3n) is 1.86. The minimum atomic E-state index is -1.10. The molecular weight excluding hydrogens is 272 g/mol. The Balaban J connectivity index is 3.05. The summed E-state index contributed by atoms with van der Waals surface area (Å²) in [6, 6.07) is 1.31. The van der Waals surface area contributed by atoms with Crippen LogP contribution in [0.15, 0.2) is 16.6 Å². The highest BCUT2D eigenvalue weighted by molar-refractivity contribution is 9.10. The largest absolute Gasteiger partial charge is 0.481 e. The van der Waals surface area contributed by atoms with Gasteiger partial charge in [0, 0.05) is 6.04 Å². The molecule has 0 spiro atoms. The van der Waals surface area contributed by atoms with E-state index in [-0.39, 0.29) is 16.5 Å². The molecule has 3 nitrogen and oxygen atoms in total. The van der Waals surface area contributed by atoms with Gasteiger partial charge in [-0.3, -0.25) is 4.79 Å². The number of carbonyl (C=O) groups is 1. The number of benzene rings is 1. The molecule has 0 aliphatic carbocycles. The quantitative estimate of drug-likeness (QED) is 0.834. The number of carboxylic acid groups (broad SMARTS) is 1. The zero-order valence-electron chi connectivity index (χ0n) is 7.51. The third-order valence-corrected chi connectivity index (χ3v) is 2.67. The van der Waals surface area contributed by atoms with Crippen molar-refractivity contribution in [2.45, 2.75) is 12.5 Å². The molecule has 0 heterocycles. The molecule has 1 unspecified atom stereocenters. The van der Waals surface area contributed by atoms with Gasteiger partial charge in [-0.25, -0.2) is 8.78 Å². The van der Waals surface area contributed by atoms with Crippen molar-refractivity contribution in [3.05, 3.63) is 33.8 Å². The Kier molecular flexibility index (Phi) is 3.76. The van der Waals surface area contributed by atoms with Gasteiger partial charge in [0.05, 0.1) is 10.9 Å². The molecule has 0 saturated heterocycles. The first-order valence-electron chi connectivity index (χ1n) is 4.04. The maximum atomic E-state index is 13.1. The molecule has 0 aromatic heterocycles. The standard InChI is InChI=1S/C9H8BrF2NO2/c10-8-4(6(13)3-7(14)15)1-2-5(11)9(8)12/h1-2,6H,3,13H2,(H,14,15). The topological polar surface area (TPSA) is 63.3 Å². The summed E-state index contributed by atoms with van der Waals surface area (Å²) in [5, 5.41) is 8.50. The monoisotopic (exact) mass is 279 g/mol. The predicted molar refractivity (Wildman–Crippen MR) is 53.2 cm³/mol. The van der Waals surface area contributed by atoms with Crippen LogP contribution < -0.4 is 5.73 Å². The van der Waals surface area contributed by atoms with Gasteiger partial charge in [0.15, 0.2) is 11.6 Å². The van der Waals surface area contributed by atoms with Gasteiger partial charge in [-0.05, 0) is 27.6 Å². The zero-order chi connectivity index (χ0) is 11.6. The third kappa shape index (κ3) is 2.73. The highest BCUT2D eigenvalue weighted by Crippen LogP contribution is 2.28. The van der Waals surface area contributed by atoms with Crippen LogP contribution in [-0.2, 0) is 4.79 Å². The van der Waals surface area contributed by atoms with Gasteiger partial charge >= 0.3 is 5.97 Å². The molecular formula is C9H8BrF2NO2. The maximum Gasteiger partial charge on any atom is 0.305 e. The number of nitrogens with two attached hydrogens (primary N) is 1. The molecule has 6 heteroatoms. The highest BCUT2D eigenvalue weighted by Gasteiger charge is 2.18. The van der Waals surface area contributed by atoms with E-state index in [1.165, 1.54) is 6.07 Å². The fraction of sp³-hybridized carbons (Fsp3) is 0.222. The summed E-state index contributed by atoms with van der Waals surface area (Å²) < 4.78 is 25.7. The van der Waals surface area contributed by atoms with Crippen molar-refractivity contribution in [3.63, 3.8) is 0 Å². The summed E-state index contributed by atoms with van der Waals surface area (Å²) in [4.78, 5) is 10.4. The average molecular weight is 280 g/mol. The minimum Gasteiger partial charge on any atom is -0.481 e. The molecule has 1 rings (SSSR count). The zero-order valence-corrected chi connectivity index (χ0v) is 9.09. The van der Waals surface area contributed by atoms with E-state index in [0.717, 1.165) is 6.07 Å². The SMILES string of the molecule is NC(CC(=O)O)c1ccc(F)c(F)c1Br. The fourth-order valence-corrected chi connectivity index (χ4v) is 1.74. The second-order valence-electron chi connectivity index (χ2n) is 2.97. The molecule has 1 aromatic rings. The number of aliphatic carboxylic acids is 1. The molecule has 0 fully saturated rings. The van der Waals surface area contributed by atoms with E-state index in [0.29, 0.717) is 0 Å². The Morgan fingerprint density at radius 3 is 2.67 bits per heavy atom. The lowest BCUT2D eigenvalue weighted by Crippen LogP contribution is -2.16. The van der Waals surface area contributed by atoms with Crippen LogP contribution in [-0.4, -0.2) is 11.1 Å². The van der Waals surface area contributed by atoms with Gasteiger partial charge < -0.3 is 10.8 Å². The Labute approximate surface area is 93.0 Å². The molecule has 0 radical (unpaired) electrons. The van der Waals surface area contributed by atoms with E-state index >= 15 is 0 Å². The van der Waals surface area contributed by atoms with E-state index in [1.807, 2.05) is 0 Å². The van der Waals surface area contributed by atoms with Crippen molar-refractivity contribution < 1.29 is 18.7 Å². The average Bonchev–Trinajstić information content (AvgIpc) is 2.13. The molecule has 15 heavy (non-hydrogen) atoms. The smallest absolute Gasteiger partial charge is 0.305 e. The van der Waals surface area contributed by atoms with Gasteiger partial charge in [-0.1, -0.05) is 6.07 Å². The molecule has 0 amide bonds. The second kappa shape index (κ2) is 4.67. The molecule has 0 saturated carbocycles. The van der Waals surface area contributed by atoms with Gasteiger partial charge in [-0.15, -0.1) is 0 Å². The number of halogens is 3. The van der Waals surface area contributed by atoms with Crippen LogP contribution in [0.2, 0.25) is 0 Å². The highest BCUT2D eigenvalue weighted by atomic mass is 79.9. The maximum absolute atomic E-state index is 13.1. The van der Waals surface area contributed by atoms with E-state index in [4.69, 9.17) is 10.8 Å². The number of hydrogen-bond acceptors (Lipinski definition) is 2. The van der Waals surface area contributed by atoms with Gasteiger partial charge in [0.25, 0.3) is 0 Å². The lowest BCUT2D eigenvalue weighted by atomic mass is 10.0. The summed E-state index contributed by atoms with van der Waals surface area (Å²) in [5.74, 6) is -3.17. The van der Waals surface area contributed by atoms with Crippen molar-refractivity contribution in [3.8, 4) is 0 Å². The fourth-order valence-electron chi connectivity index (χ4n) is 1.13. The van der Waals surface area contributed by atoms with E-state index in [9.17, 15) is 13.6 Å². The Bertz CT molecular complexity index is 398. The van der Waals surface area contributed by atoms with Crippen LogP contribution >= 0.6 is 15.9 Å². The Hall–Kier alpha value is -1.01. The van der Waals surface area contributed by atoms with Crippen molar-refractivity contribution in [1.29, 1.82) is 0 Å². The van der Waals surface area contributed by atoms with Crippen LogP contribution in [0.1, 0.15) is 18.0 Å². The summed E-state index contributed by atoms with van der Waals surface area (Å²) >= 11 is 2.83. The number of hydrogen-bond donors (Lipinski definition) is 2. The van der Waals surface area contributed by atoms with Crippen LogP contribution in [0.4, 0.5) is 8.78 Å².